The lowest BCUT2D eigenvalue weighted by atomic mass is 10.1. The van der Waals surface area contributed by atoms with Gasteiger partial charge < -0.3 is 15.4 Å². The molecule has 1 atom stereocenters. The maximum Gasteiger partial charge on any atom is 0.225 e. The maximum absolute atomic E-state index is 12.0. The molecule has 1 aliphatic heterocycles. The van der Waals surface area contributed by atoms with Crippen LogP contribution in [-0.4, -0.2) is 30.6 Å². The van der Waals surface area contributed by atoms with Gasteiger partial charge in [0.05, 0.1) is 12.5 Å². The van der Waals surface area contributed by atoms with Gasteiger partial charge in [-0.05, 0) is 11.1 Å². The molecule has 0 bridgehead atoms. The van der Waals surface area contributed by atoms with Gasteiger partial charge in [-0.2, -0.15) is 0 Å². The molecule has 0 saturated heterocycles. The van der Waals surface area contributed by atoms with Crippen LogP contribution < -0.4 is 5.73 Å². The zero-order chi connectivity index (χ0) is 12.3. The molecule has 17 heavy (non-hydrogen) atoms. The van der Waals surface area contributed by atoms with E-state index in [-0.39, 0.29) is 12.0 Å². The van der Waals surface area contributed by atoms with E-state index in [9.17, 15) is 4.79 Å². The number of carbonyl (C=O) groups excluding carboxylic acids is 1. The summed E-state index contributed by atoms with van der Waals surface area (Å²) in [5.41, 5.74) is 8.00. The fourth-order valence-corrected chi connectivity index (χ4v) is 2.10. The van der Waals surface area contributed by atoms with Gasteiger partial charge in [-0.3, -0.25) is 4.79 Å². The Morgan fingerprint density at radius 3 is 2.47 bits per heavy atom. The van der Waals surface area contributed by atoms with Crippen molar-refractivity contribution in [1.29, 1.82) is 0 Å². The summed E-state index contributed by atoms with van der Waals surface area (Å²) in [5.74, 6) is 0.110. The highest BCUT2D eigenvalue weighted by Crippen LogP contribution is 2.23. The van der Waals surface area contributed by atoms with E-state index in [1.165, 1.54) is 11.1 Å². The van der Waals surface area contributed by atoms with Gasteiger partial charge in [-0.25, -0.2) is 0 Å². The third kappa shape index (κ3) is 2.65. The van der Waals surface area contributed by atoms with Crippen LogP contribution in [0.3, 0.4) is 0 Å². The Labute approximate surface area is 101 Å². The second-order valence-electron chi connectivity index (χ2n) is 4.32. The Morgan fingerprint density at radius 1 is 1.41 bits per heavy atom. The van der Waals surface area contributed by atoms with Crippen LogP contribution in [0.4, 0.5) is 0 Å². The molecule has 4 heteroatoms. The van der Waals surface area contributed by atoms with Gasteiger partial charge in [0, 0.05) is 26.7 Å². The minimum atomic E-state index is -0.175. The Hall–Kier alpha value is -1.39. The van der Waals surface area contributed by atoms with Gasteiger partial charge in [0.25, 0.3) is 0 Å². The van der Waals surface area contributed by atoms with Crippen LogP contribution in [0.15, 0.2) is 24.3 Å². The van der Waals surface area contributed by atoms with Crippen molar-refractivity contribution >= 4 is 5.91 Å². The fourth-order valence-electron chi connectivity index (χ4n) is 2.10. The summed E-state index contributed by atoms with van der Waals surface area (Å²) >= 11 is 0. The average Bonchev–Trinajstić information content (AvgIpc) is 2.79. The first-order chi connectivity index (χ1) is 8.24. The van der Waals surface area contributed by atoms with E-state index < -0.39 is 0 Å². The van der Waals surface area contributed by atoms with Gasteiger partial charge in [0.15, 0.2) is 0 Å². The summed E-state index contributed by atoms with van der Waals surface area (Å²) < 4.78 is 5.13. The van der Waals surface area contributed by atoms with E-state index >= 15 is 0 Å². The molecule has 1 amide bonds. The van der Waals surface area contributed by atoms with E-state index in [0.717, 1.165) is 0 Å². The Morgan fingerprint density at radius 2 is 2.00 bits per heavy atom. The number of carbonyl (C=O) groups is 1. The lowest BCUT2D eigenvalue weighted by Gasteiger charge is -2.19. The molecule has 1 aromatic rings. The summed E-state index contributed by atoms with van der Waals surface area (Å²) in [6.07, 6.45) is 0.187. The third-order valence-corrected chi connectivity index (χ3v) is 3.19. The predicted molar refractivity (Wildman–Crippen MR) is 65.2 cm³/mol. The van der Waals surface area contributed by atoms with E-state index in [1.54, 1.807) is 7.11 Å². The summed E-state index contributed by atoms with van der Waals surface area (Å²) in [7, 11) is 1.59. The van der Waals surface area contributed by atoms with Gasteiger partial charge >= 0.3 is 0 Å². The molecule has 0 radical (unpaired) electrons. The van der Waals surface area contributed by atoms with Crippen molar-refractivity contribution < 1.29 is 9.53 Å². The monoisotopic (exact) mass is 234 g/mol. The van der Waals surface area contributed by atoms with Crippen LogP contribution in [0, 0.1) is 0 Å². The number of nitrogens with two attached hydrogens (primary N) is 1. The van der Waals surface area contributed by atoms with Crippen molar-refractivity contribution in [3.63, 3.8) is 0 Å². The number of rotatable bonds is 4. The van der Waals surface area contributed by atoms with Crippen molar-refractivity contribution in [2.24, 2.45) is 5.73 Å². The number of nitrogens with zero attached hydrogens (tertiary/aromatic N) is 1. The summed E-state index contributed by atoms with van der Waals surface area (Å²) in [4.78, 5) is 13.9. The molecule has 0 aliphatic carbocycles. The van der Waals surface area contributed by atoms with Crippen molar-refractivity contribution in [2.45, 2.75) is 25.6 Å². The average molecular weight is 234 g/mol. The Kier molecular flexibility index (Phi) is 3.76. The smallest absolute Gasteiger partial charge is 0.225 e. The predicted octanol–water partition coefficient (Wildman–Crippen LogP) is 0.893. The first-order valence-corrected chi connectivity index (χ1v) is 5.82. The second kappa shape index (κ2) is 5.29. The molecule has 4 nitrogen and oxygen atoms in total. The maximum atomic E-state index is 12.0. The molecule has 1 aromatic carbocycles. The number of amides is 1. The summed E-state index contributed by atoms with van der Waals surface area (Å²) in [6.45, 7) is 1.79. The van der Waals surface area contributed by atoms with E-state index in [2.05, 4.69) is 12.1 Å². The number of ether oxygens (including phenoxy) is 1. The molecule has 1 unspecified atom stereocenters. The third-order valence-electron chi connectivity index (χ3n) is 3.19. The molecule has 0 saturated carbocycles. The zero-order valence-corrected chi connectivity index (χ0v) is 10.1. The quantitative estimate of drug-likeness (QED) is 0.842. The van der Waals surface area contributed by atoms with Crippen LogP contribution in [0.2, 0.25) is 0 Å². The van der Waals surface area contributed by atoms with Crippen LogP contribution in [0.5, 0.6) is 0 Å². The topological polar surface area (TPSA) is 55.6 Å². The van der Waals surface area contributed by atoms with Gasteiger partial charge in [0.1, 0.15) is 0 Å². The molecule has 0 aromatic heterocycles. The largest absolute Gasteiger partial charge is 0.380 e. The summed E-state index contributed by atoms with van der Waals surface area (Å²) in [5, 5.41) is 0. The number of fused-ring (bicyclic) bond motifs is 1. The molecule has 1 heterocycles. The number of methoxy groups -OCH3 is 1. The highest BCUT2D eigenvalue weighted by atomic mass is 16.5. The first-order valence-electron chi connectivity index (χ1n) is 5.82. The SMILES string of the molecule is COC(CN)CC(=O)N1Cc2ccccc2C1. The lowest BCUT2D eigenvalue weighted by molar-refractivity contribution is -0.134. The Bertz CT molecular complexity index is 377. The zero-order valence-electron chi connectivity index (χ0n) is 10.1. The first kappa shape index (κ1) is 12.1. The molecule has 0 spiro atoms. The summed E-state index contributed by atoms with van der Waals surface area (Å²) in [6, 6.07) is 8.15. The highest BCUT2D eigenvalue weighted by Gasteiger charge is 2.24. The molecule has 1 aliphatic rings. The minimum Gasteiger partial charge on any atom is -0.380 e. The van der Waals surface area contributed by atoms with Crippen molar-refractivity contribution in [3.8, 4) is 0 Å². The molecule has 92 valence electrons. The molecule has 2 N–H and O–H groups in total. The molecular weight excluding hydrogens is 216 g/mol. The number of hydrogen-bond acceptors (Lipinski definition) is 3. The van der Waals surface area contributed by atoms with Gasteiger partial charge in [-0.1, -0.05) is 24.3 Å². The Balaban J connectivity index is 1.96. The minimum absolute atomic E-state index is 0.110. The normalized spacial score (nSPS) is 15.8. The van der Waals surface area contributed by atoms with Crippen LogP contribution in [0.25, 0.3) is 0 Å². The van der Waals surface area contributed by atoms with Crippen LogP contribution >= 0.6 is 0 Å². The van der Waals surface area contributed by atoms with Gasteiger partial charge in [0.2, 0.25) is 5.91 Å². The molecule has 2 rings (SSSR count). The number of hydrogen-bond donors (Lipinski definition) is 1. The van der Waals surface area contributed by atoms with Crippen LogP contribution in [-0.2, 0) is 22.6 Å². The van der Waals surface area contributed by atoms with Crippen molar-refractivity contribution in [3.05, 3.63) is 35.4 Å². The van der Waals surface area contributed by atoms with E-state index in [1.807, 2.05) is 17.0 Å². The standard InChI is InChI=1S/C13H18N2O2/c1-17-12(7-14)6-13(16)15-8-10-4-2-3-5-11(10)9-15/h2-5,12H,6-9,14H2,1H3. The number of benzene rings is 1. The van der Waals surface area contributed by atoms with Crippen molar-refractivity contribution in [2.75, 3.05) is 13.7 Å². The fraction of sp³-hybridized carbons (Fsp3) is 0.462. The lowest BCUT2D eigenvalue weighted by Crippen LogP contribution is -2.33. The highest BCUT2D eigenvalue weighted by molar-refractivity contribution is 5.77. The molecule has 0 fully saturated rings. The van der Waals surface area contributed by atoms with Gasteiger partial charge in [-0.15, -0.1) is 0 Å². The van der Waals surface area contributed by atoms with E-state index in [0.29, 0.717) is 26.1 Å². The second-order valence-corrected chi connectivity index (χ2v) is 4.32. The van der Waals surface area contributed by atoms with E-state index in [4.69, 9.17) is 10.5 Å². The van der Waals surface area contributed by atoms with Crippen molar-refractivity contribution in [1.82, 2.24) is 4.90 Å². The molecular formula is C13H18N2O2. The van der Waals surface area contributed by atoms with Crippen LogP contribution in [0.1, 0.15) is 17.5 Å².